The number of nitrogens with zero attached hydrogens (tertiary/aromatic N) is 4. The van der Waals surface area contributed by atoms with Gasteiger partial charge in [0.05, 0.1) is 16.7 Å². The average Bonchev–Trinajstić information content (AvgIpc) is 3.46. The molecular formula is C24H26N4O. The van der Waals surface area contributed by atoms with Gasteiger partial charge in [-0.15, -0.1) is 0 Å². The highest BCUT2D eigenvalue weighted by Gasteiger charge is 2.15. The van der Waals surface area contributed by atoms with Gasteiger partial charge in [-0.25, -0.2) is 9.97 Å². The van der Waals surface area contributed by atoms with Crippen molar-refractivity contribution in [2.24, 2.45) is 0 Å². The summed E-state index contributed by atoms with van der Waals surface area (Å²) in [5.41, 5.74) is 6.76. The van der Waals surface area contributed by atoms with Crippen molar-refractivity contribution in [2.75, 3.05) is 13.1 Å². The summed E-state index contributed by atoms with van der Waals surface area (Å²) in [5, 5.41) is 0. The second kappa shape index (κ2) is 7.48. The molecular weight excluding hydrogens is 360 g/mol. The summed E-state index contributed by atoms with van der Waals surface area (Å²) in [4.78, 5) is 11.8. The van der Waals surface area contributed by atoms with Gasteiger partial charge in [-0.2, -0.15) is 0 Å². The number of benzene rings is 2. The second-order valence-electron chi connectivity index (χ2n) is 8.06. The van der Waals surface area contributed by atoms with Gasteiger partial charge in [-0.1, -0.05) is 18.2 Å². The van der Waals surface area contributed by atoms with Gasteiger partial charge in [0.1, 0.15) is 12.1 Å². The van der Waals surface area contributed by atoms with E-state index >= 15 is 0 Å². The molecule has 3 heterocycles. The molecule has 1 fully saturated rings. The minimum atomic E-state index is 0.700. The van der Waals surface area contributed by atoms with Crippen LogP contribution >= 0.6 is 0 Å². The Morgan fingerprint density at radius 1 is 0.931 bits per heavy atom. The molecule has 0 spiro atoms. The van der Waals surface area contributed by atoms with E-state index in [1.165, 1.54) is 42.6 Å². The predicted octanol–water partition coefficient (Wildman–Crippen LogP) is 4.95. The second-order valence-corrected chi connectivity index (χ2v) is 8.06. The zero-order valence-electron chi connectivity index (χ0n) is 17.1. The first-order valence-electron chi connectivity index (χ1n) is 10.4. The zero-order valence-corrected chi connectivity index (χ0v) is 17.1. The topological polar surface area (TPSA) is 47.1 Å². The Morgan fingerprint density at radius 2 is 1.72 bits per heavy atom. The fourth-order valence-electron chi connectivity index (χ4n) is 4.17. The lowest BCUT2D eigenvalue weighted by Crippen LogP contribution is -2.18. The third-order valence-corrected chi connectivity index (χ3v) is 5.77. The highest BCUT2D eigenvalue weighted by molar-refractivity contribution is 5.77. The number of aryl methyl sites for hydroxylation is 2. The van der Waals surface area contributed by atoms with Crippen molar-refractivity contribution < 1.29 is 4.42 Å². The van der Waals surface area contributed by atoms with Crippen LogP contribution in [0.2, 0.25) is 0 Å². The van der Waals surface area contributed by atoms with E-state index in [1.807, 2.05) is 0 Å². The van der Waals surface area contributed by atoms with Gasteiger partial charge in [-0.05, 0) is 75.2 Å². The number of oxazole rings is 1. The van der Waals surface area contributed by atoms with Crippen LogP contribution in [0.1, 0.15) is 35.5 Å². The van der Waals surface area contributed by atoms with E-state index in [4.69, 9.17) is 14.4 Å². The molecule has 0 N–H and O–H groups in total. The smallest absolute Gasteiger partial charge is 0.226 e. The summed E-state index contributed by atoms with van der Waals surface area (Å²) >= 11 is 0. The third kappa shape index (κ3) is 3.70. The fraction of sp³-hybridized carbons (Fsp3) is 0.333. The SMILES string of the molecule is Cc1ccc2nc(C)n(Cc3ccc(-c4nc(CN5CCCC5)co4)cc3)c2c1. The normalized spacial score (nSPS) is 14.8. The molecule has 0 atom stereocenters. The quantitative estimate of drug-likeness (QED) is 0.487. The Balaban J connectivity index is 1.34. The molecule has 5 nitrogen and oxygen atoms in total. The van der Waals surface area contributed by atoms with Gasteiger partial charge >= 0.3 is 0 Å². The Labute approximate surface area is 171 Å². The molecule has 4 aromatic rings. The van der Waals surface area contributed by atoms with E-state index < -0.39 is 0 Å². The number of rotatable bonds is 5. The average molecular weight is 386 g/mol. The minimum absolute atomic E-state index is 0.700. The molecule has 1 aliphatic rings. The third-order valence-electron chi connectivity index (χ3n) is 5.77. The Morgan fingerprint density at radius 3 is 2.52 bits per heavy atom. The summed E-state index contributed by atoms with van der Waals surface area (Å²) in [6.45, 7) is 8.21. The van der Waals surface area contributed by atoms with Gasteiger partial charge < -0.3 is 8.98 Å². The van der Waals surface area contributed by atoms with Gasteiger partial charge in [0.15, 0.2) is 0 Å². The first kappa shape index (κ1) is 18.1. The predicted molar refractivity (Wildman–Crippen MR) is 115 cm³/mol. The van der Waals surface area contributed by atoms with Crippen LogP contribution in [0.3, 0.4) is 0 Å². The molecule has 0 aliphatic carbocycles. The van der Waals surface area contributed by atoms with Crippen molar-refractivity contribution in [3.8, 4) is 11.5 Å². The molecule has 0 radical (unpaired) electrons. The Kier molecular flexibility index (Phi) is 4.68. The lowest BCUT2D eigenvalue weighted by molar-refractivity contribution is 0.327. The summed E-state index contributed by atoms with van der Waals surface area (Å²) < 4.78 is 8.02. The van der Waals surface area contributed by atoms with Gasteiger partial charge in [0.25, 0.3) is 0 Å². The van der Waals surface area contributed by atoms with E-state index in [0.717, 1.165) is 35.7 Å². The molecule has 1 aliphatic heterocycles. The lowest BCUT2D eigenvalue weighted by atomic mass is 10.1. The van der Waals surface area contributed by atoms with E-state index in [9.17, 15) is 0 Å². The lowest BCUT2D eigenvalue weighted by Gasteiger charge is -2.11. The van der Waals surface area contributed by atoms with E-state index in [0.29, 0.717) is 5.89 Å². The highest BCUT2D eigenvalue weighted by Crippen LogP contribution is 2.23. The highest BCUT2D eigenvalue weighted by atomic mass is 16.3. The Bertz CT molecular complexity index is 1130. The first-order chi connectivity index (χ1) is 14.2. The van der Waals surface area contributed by atoms with Crippen LogP contribution in [-0.2, 0) is 13.1 Å². The molecule has 148 valence electrons. The monoisotopic (exact) mass is 386 g/mol. The van der Waals surface area contributed by atoms with Crippen LogP contribution in [0.4, 0.5) is 0 Å². The maximum atomic E-state index is 5.74. The summed E-state index contributed by atoms with van der Waals surface area (Å²) in [6, 6.07) is 14.9. The van der Waals surface area contributed by atoms with Crippen molar-refractivity contribution in [2.45, 2.75) is 39.8 Å². The van der Waals surface area contributed by atoms with Crippen LogP contribution in [0.5, 0.6) is 0 Å². The van der Waals surface area contributed by atoms with Crippen LogP contribution in [-0.4, -0.2) is 32.5 Å². The number of hydrogen-bond donors (Lipinski definition) is 0. The molecule has 2 aromatic carbocycles. The maximum absolute atomic E-state index is 5.74. The molecule has 0 saturated carbocycles. The number of aromatic nitrogens is 3. The van der Waals surface area contributed by atoms with Crippen molar-refractivity contribution in [1.29, 1.82) is 0 Å². The molecule has 0 unspecified atom stereocenters. The van der Waals surface area contributed by atoms with Crippen LogP contribution in [0.15, 0.2) is 53.1 Å². The zero-order chi connectivity index (χ0) is 19.8. The van der Waals surface area contributed by atoms with Gasteiger partial charge in [0, 0.05) is 18.7 Å². The van der Waals surface area contributed by atoms with Crippen molar-refractivity contribution in [1.82, 2.24) is 19.4 Å². The largest absolute Gasteiger partial charge is 0.444 e. The molecule has 29 heavy (non-hydrogen) atoms. The van der Waals surface area contributed by atoms with E-state index in [-0.39, 0.29) is 0 Å². The number of fused-ring (bicyclic) bond motifs is 1. The summed E-state index contributed by atoms with van der Waals surface area (Å²) in [6.07, 6.45) is 4.37. The number of imidazole rings is 1. The van der Waals surface area contributed by atoms with E-state index in [2.05, 4.69) is 65.8 Å². The van der Waals surface area contributed by atoms with Crippen LogP contribution in [0, 0.1) is 13.8 Å². The number of hydrogen-bond acceptors (Lipinski definition) is 4. The van der Waals surface area contributed by atoms with Crippen molar-refractivity contribution in [3.63, 3.8) is 0 Å². The first-order valence-corrected chi connectivity index (χ1v) is 10.4. The maximum Gasteiger partial charge on any atom is 0.226 e. The Hall–Kier alpha value is -2.92. The number of likely N-dealkylation sites (tertiary alicyclic amines) is 1. The van der Waals surface area contributed by atoms with Crippen LogP contribution in [0.25, 0.3) is 22.5 Å². The molecule has 2 aromatic heterocycles. The molecule has 0 bridgehead atoms. The van der Waals surface area contributed by atoms with Crippen molar-refractivity contribution in [3.05, 3.63) is 71.4 Å². The fourth-order valence-corrected chi connectivity index (χ4v) is 4.17. The standard InChI is InChI=1S/C24H26N4O/c1-17-5-10-22-23(13-17)28(18(2)25-22)14-19-6-8-20(9-7-19)24-26-21(16-29-24)15-27-11-3-4-12-27/h5-10,13,16H,3-4,11-12,14-15H2,1-2H3. The van der Waals surface area contributed by atoms with Crippen LogP contribution < -0.4 is 0 Å². The molecule has 5 rings (SSSR count). The molecule has 5 heteroatoms. The van der Waals surface area contributed by atoms with Gasteiger partial charge in [-0.3, -0.25) is 4.90 Å². The van der Waals surface area contributed by atoms with Gasteiger partial charge in [0.2, 0.25) is 5.89 Å². The van der Waals surface area contributed by atoms with Crippen molar-refractivity contribution >= 4 is 11.0 Å². The molecule has 0 amide bonds. The summed E-state index contributed by atoms with van der Waals surface area (Å²) in [7, 11) is 0. The van der Waals surface area contributed by atoms with E-state index in [1.54, 1.807) is 6.26 Å². The molecule has 1 saturated heterocycles. The summed E-state index contributed by atoms with van der Waals surface area (Å²) in [5.74, 6) is 1.74. The minimum Gasteiger partial charge on any atom is -0.444 e.